The van der Waals surface area contributed by atoms with Crippen molar-refractivity contribution in [1.82, 2.24) is 20.4 Å². The maximum Gasteiger partial charge on any atom is 0.259 e. The summed E-state index contributed by atoms with van der Waals surface area (Å²) in [6.07, 6.45) is 2.57. The number of amides is 1. The lowest BCUT2D eigenvalue weighted by atomic mass is 10.1. The number of hydrogen-bond acceptors (Lipinski definition) is 8. The van der Waals surface area contributed by atoms with Crippen LogP contribution in [0.15, 0.2) is 41.1 Å². The van der Waals surface area contributed by atoms with E-state index in [1.165, 1.54) is 0 Å². The number of pyridine rings is 1. The van der Waals surface area contributed by atoms with Crippen molar-refractivity contribution < 1.29 is 18.8 Å². The first kappa shape index (κ1) is 17.5. The molecular formula is C20H19N5O4. The van der Waals surface area contributed by atoms with Gasteiger partial charge >= 0.3 is 0 Å². The quantitative estimate of drug-likeness (QED) is 0.720. The lowest BCUT2D eigenvalue weighted by Gasteiger charge is -2.18. The smallest absolute Gasteiger partial charge is 0.259 e. The molecule has 2 aliphatic rings. The second kappa shape index (κ2) is 7.08. The largest absolute Gasteiger partial charge is 0.454 e. The first-order valence-electron chi connectivity index (χ1n) is 9.38. The fourth-order valence-electron chi connectivity index (χ4n) is 3.51. The Morgan fingerprint density at radius 3 is 2.90 bits per heavy atom. The van der Waals surface area contributed by atoms with Crippen molar-refractivity contribution in [3.05, 3.63) is 47.9 Å². The van der Waals surface area contributed by atoms with E-state index in [1.807, 2.05) is 12.1 Å². The van der Waals surface area contributed by atoms with Gasteiger partial charge in [0.2, 0.25) is 6.79 Å². The Balaban J connectivity index is 1.21. The molecule has 1 amide bonds. The van der Waals surface area contributed by atoms with E-state index in [1.54, 1.807) is 31.3 Å². The molecule has 5 rings (SSSR count). The van der Waals surface area contributed by atoms with Crippen molar-refractivity contribution in [2.24, 2.45) is 0 Å². The summed E-state index contributed by atoms with van der Waals surface area (Å²) >= 11 is 0. The van der Waals surface area contributed by atoms with Crippen molar-refractivity contribution in [1.29, 1.82) is 0 Å². The average molecular weight is 393 g/mol. The Hall–Kier alpha value is -3.62. The molecule has 0 bridgehead atoms. The van der Waals surface area contributed by atoms with Gasteiger partial charge in [-0.3, -0.25) is 4.79 Å². The molecule has 1 saturated heterocycles. The molecule has 1 fully saturated rings. The molecule has 3 aromatic rings. The number of nitrogens with one attached hydrogen (secondary N) is 1. The van der Waals surface area contributed by atoms with Crippen LogP contribution in [0, 0.1) is 6.92 Å². The summed E-state index contributed by atoms with van der Waals surface area (Å²) in [6, 6.07) is 9.10. The highest BCUT2D eigenvalue weighted by atomic mass is 16.7. The molecule has 2 aromatic heterocycles. The summed E-state index contributed by atoms with van der Waals surface area (Å²) in [6.45, 7) is 3.48. The monoisotopic (exact) mass is 393 g/mol. The second-order valence-corrected chi connectivity index (χ2v) is 7.02. The molecule has 29 heavy (non-hydrogen) atoms. The van der Waals surface area contributed by atoms with E-state index < -0.39 is 0 Å². The van der Waals surface area contributed by atoms with E-state index in [0.717, 1.165) is 24.3 Å². The number of anilines is 1. The summed E-state index contributed by atoms with van der Waals surface area (Å²) in [4.78, 5) is 23.4. The molecule has 1 aromatic carbocycles. The lowest BCUT2D eigenvalue weighted by molar-refractivity contribution is 0.0940. The van der Waals surface area contributed by atoms with Crippen molar-refractivity contribution in [2.75, 3.05) is 24.8 Å². The van der Waals surface area contributed by atoms with Gasteiger partial charge in [0.15, 0.2) is 17.3 Å². The fourth-order valence-corrected chi connectivity index (χ4v) is 3.51. The van der Waals surface area contributed by atoms with Crippen molar-refractivity contribution in [2.45, 2.75) is 19.4 Å². The fraction of sp³-hybridized carbons (Fsp3) is 0.300. The number of aromatic nitrogens is 3. The van der Waals surface area contributed by atoms with Gasteiger partial charge in [0.05, 0.1) is 5.56 Å². The normalized spacial score (nSPS) is 17.6. The Morgan fingerprint density at radius 2 is 2.10 bits per heavy atom. The highest BCUT2D eigenvalue weighted by molar-refractivity contribution is 5.95. The van der Waals surface area contributed by atoms with Crippen LogP contribution in [0.4, 0.5) is 5.82 Å². The van der Waals surface area contributed by atoms with Crippen LogP contribution in [-0.4, -0.2) is 47.0 Å². The predicted octanol–water partition coefficient (Wildman–Crippen LogP) is 2.18. The summed E-state index contributed by atoms with van der Waals surface area (Å²) in [5.41, 5.74) is 1.34. The van der Waals surface area contributed by atoms with Crippen molar-refractivity contribution >= 4 is 11.7 Å². The summed E-state index contributed by atoms with van der Waals surface area (Å²) in [5, 5.41) is 6.88. The topological polar surface area (TPSA) is 103 Å². The minimum atomic E-state index is -0.120. The highest BCUT2D eigenvalue weighted by Gasteiger charge is 2.26. The van der Waals surface area contributed by atoms with Gasteiger partial charge in [0.25, 0.3) is 11.8 Å². The second-order valence-electron chi connectivity index (χ2n) is 7.02. The van der Waals surface area contributed by atoms with Gasteiger partial charge in [-0.05, 0) is 43.7 Å². The number of carbonyl (C=O) groups is 1. The number of nitrogens with zero attached hydrogens (tertiary/aromatic N) is 4. The van der Waals surface area contributed by atoms with Crippen LogP contribution in [0.3, 0.4) is 0 Å². The standard InChI is InChI=1S/C20H19N5O4/c1-12-22-20(29-24-12)14-3-5-18(21-9-14)25-7-6-15(10-25)23-19(26)13-2-4-16-17(8-13)28-11-27-16/h2-5,8-9,15H,6-7,10-11H2,1H3,(H,23,26). The minimum absolute atomic E-state index is 0.0491. The summed E-state index contributed by atoms with van der Waals surface area (Å²) in [5.74, 6) is 3.04. The molecule has 0 aliphatic carbocycles. The SMILES string of the molecule is Cc1noc(-c2ccc(N3CCC(NC(=O)c4ccc5c(c4)OCO5)C3)nc2)n1. The van der Waals surface area contributed by atoms with E-state index in [4.69, 9.17) is 14.0 Å². The van der Waals surface area contributed by atoms with Crippen LogP contribution in [0.25, 0.3) is 11.5 Å². The average Bonchev–Trinajstić information content (AvgIpc) is 3.48. The molecule has 0 saturated carbocycles. The van der Waals surface area contributed by atoms with Crippen LogP contribution in [0.5, 0.6) is 11.5 Å². The molecule has 1 atom stereocenters. The molecule has 9 heteroatoms. The van der Waals surface area contributed by atoms with Crippen molar-refractivity contribution in [3.8, 4) is 23.0 Å². The minimum Gasteiger partial charge on any atom is -0.454 e. The van der Waals surface area contributed by atoms with Crippen LogP contribution >= 0.6 is 0 Å². The molecule has 0 spiro atoms. The maximum absolute atomic E-state index is 12.6. The Kier molecular flexibility index (Phi) is 4.27. The van der Waals surface area contributed by atoms with Gasteiger partial charge in [-0.25, -0.2) is 4.98 Å². The Morgan fingerprint density at radius 1 is 1.21 bits per heavy atom. The number of aryl methyl sites for hydroxylation is 1. The van der Waals surface area contributed by atoms with Crippen LogP contribution in [0.2, 0.25) is 0 Å². The predicted molar refractivity (Wildman–Crippen MR) is 103 cm³/mol. The Bertz CT molecular complexity index is 1050. The molecule has 2 aliphatic heterocycles. The zero-order valence-corrected chi connectivity index (χ0v) is 15.8. The summed E-state index contributed by atoms with van der Waals surface area (Å²) < 4.78 is 15.8. The number of benzene rings is 1. The van der Waals surface area contributed by atoms with E-state index >= 15 is 0 Å². The van der Waals surface area contributed by atoms with Gasteiger partial charge < -0.3 is 24.2 Å². The van der Waals surface area contributed by atoms with E-state index in [9.17, 15) is 4.79 Å². The van der Waals surface area contributed by atoms with Gasteiger partial charge in [-0.2, -0.15) is 4.98 Å². The maximum atomic E-state index is 12.6. The van der Waals surface area contributed by atoms with Gasteiger partial charge in [-0.1, -0.05) is 5.16 Å². The van der Waals surface area contributed by atoms with Gasteiger partial charge in [0.1, 0.15) is 5.82 Å². The molecule has 0 radical (unpaired) electrons. The number of hydrogen-bond donors (Lipinski definition) is 1. The van der Waals surface area contributed by atoms with Crippen LogP contribution in [0.1, 0.15) is 22.6 Å². The van der Waals surface area contributed by atoms with Gasteiger partial charge in [-0.15, -0.1) is 0 Å². The molecule has 1 unspecified atom stereocenters. The van der Waals surface area contributed by atoms with Crippen LogP contribution < -0.4 is 19.7 Å². The zero-order chi connectivity index (χ0) is 19.8. The molecule has 1 N–H and O–H groups in total. The molecular weight excluding hydrogens is 374 g/mol. The Labute approximate surface area is 166 Å². The third kappa shape index (κ3) is 3.46. The number of carbonyl (C=O) groups excluding carboxylic acids is 1. The molecule has 4 heterocycles. The lowest BCUT2D eigenvalue weighted by Crippen LogP contribution is -2.37. The first-order chi connectivity index (χ1) is 14.2. The molecule has 9 nitrogen and oxygen atoms in total. The third-order valence-electron chi connectivity index (χ3n) is 5.00. The molecule has 148 valence electrons. The van der Waals surface area contributed by atoms with E-state index in [2.05, 4.69) is 25.3 Å². The number of rotatable bonds is 4. The number of fused-ring (bicyclic) bond motifs is 1. The van der Waals surface area contributed by atoms with E-state index in [0.29, 0.717) is 35.3 Å². The zero-order valence-electron chi connectivity index (χ0n) is 15.8. The van der Waals surface area contributed by atoms with Crippen LogP contribution in [-0.2, 0) is 0 Å². The highest BCUT2D eigenvalue weighted by Crippen LogP contribution is 2.32. The number of ether oxygens (including phenoxy) is 2. The third-order valence-corrected chi connectivity index (χ3v) is 5.00. The first-order valence-corrected chi connectivity index (χ1v) is 9.38. The summed E-state index contributed by atoms with van der Waals surface area (Å²) in [7, 11) is 0. The van der Waals surface area contributed by atoms with Crippen molar-refractivity contribution in [3.63, 3.8) is 0 Å². The van der Waals surface area contributed by atoms with Gasteiger partial charge in [0, 0.05) is 30.9 Å². The van der Waals surface area contributed by atoms with E-state index in [-0.39, 0.29) is 18.7 Å².